The maximum Gasteiger partial charge on any atom is 0.135 e. The number of ketones is 1. The van der Waals surface area contributed by atoms with Gasteiger partial charge in [0.05, 0.1) is 0 Å². The lowest BCUT2D eigenvalue weighted by atomic mass is 9.80. The largest absolute Gasteiger partial charge is 0.299 e. The Balaban J connectivity index is 1.89. The van der Waals surface area contributed by atoms with E-state index in [-0.39, 0.29) is 0 Å². The van der Waals surface area contributed by atoms with E-state index in [1.165, 1.54) is 64.2 Å². The van der Waals surface area contributed by atoms with Crippen molar-refractivity contribution in [2.45, 2.75) is 104 Å². The number of unbranched alkanes of at least 4 members (excludes halogenated alkanes) is 8. The Morgan fingerprint density at radius 3 is 1.85 bits per heavy atom. The van der Waals surface area contributed by atoms with Gasteiger partial charge in [-0.3, -0.25) is 4.79 Å². The second kappa shape index (κ2) is 11.3. The van der Waals surface area contributed by atoms with Crippen LogP contribution in [0.25, 0.3) is 0 Å². The van der Waals surface area contributed by atoms with Gasteiger partial charge in [0.25, 0.3) is 0 Å². The lowest BCUT2D eigenvalue weighted by molar-refractivity contribution is -0.124. The maximum absolute atomic E-state index is 12.1. The third kappa shape index (κ3) is 8.07. The molecule has 0 aromatic carbocycles. The Kier molecular flexibility index (Phi) is 10.1. The van der Waals surface area contributed by atoms with Crippen molar-refractivity contribution < 1.29 is 4.79 Å². The summed E-state index contributed by atoms with van der Waals surface area (Å²) in [6, 6.07) is 0. The molecule has 0 unspecified atom stereocenters. The second-order valence-corrected chi connectivity index (χ2v) is 7.00. The first kappa shape index (κ1) is 17.7. The fraction of sp³-hybridized carbons (Fsp3) is 0.947. The fourth-order valence-corrected chi connectivity index (χ4v) is 3.40. The van der Waals surface area contributed by atoms with Gasteiger partial charge in [0.15, 0.2) is 0 Å². The van der Waals surface area contributed by atoms with Crippen LogP contribution in [0, 0.1) is 11.8 Å². The molecule has 1 nitrogen and oxygen atoms in total. The highest BCUT2D eigenvalue weighted by Crippen LogP contribution is 2.29. The third-order valence-corrected chi connectivity index (χ3v) is 5.00. The average Bonchev–Trinajstić information content (AvgIpc) is 2.46. The fourth-order valence-electron chi connectivity index (χ4n) is 3.40. The smallest absolute Gasteiger partial charge is 0.135 e. The van der Waals surface area contributed by atoms with Gasteiger partial charge in [-0.1, -0.05) is 78.1 Å². The summed E-state index contributed by atoms with van der Waals surface area (Å²) in [6.07, 6.45) is 17.8. The molecule has 0 bridgehead atoms. The minimum atomic E-state index is 0.417. The summed E-state index contributed by atoms with van der Waals surface area (Å²) in [5, 5.41) is 0. The standard InChI is InChI=1S/C19H36O/c1-3-4-5-6-7-8-9-10-11-12-19(20)18-15-13-17(2)14-16-18/h17-18H,3-16H2,1-2H3. The molecule has 0 aromatic heterocycles. The zero-order valence-electron chi connectivity index (χ0n) is 14.0. The Morgan fingerprint density at radius 2 is 1.30 bits per heavy atom. The molecule has 0 atom stereocenters. The highest BCUT2D eigenvalue weighted by atomic mass is 16.1. The summed E-state index contributed by atoms with van der Waals surface area (Å²) < 4.78 is 0. The quantitative estimate of drug-likeness (QED) is 0.406. The number of Topliss-reactive ketones (excluding diaryl/α,β-unsaturated/α-hetero) is 1. The van der Waals surface area contributed by atoms with Crippen LogP contribution in [0.15, 0.2) is 0 Å². The topological polar surface area (TPSA) is 17.1 Å². The number of hydrogen-bond donors (Lipinski definition) is 0. The van der Waals surface area contributed by atoms with Crippen molar-refractivity contribution in [3.8, 4) is 0 Å². The highest BCUT2D eigenvalue weighted by molar-refractivity contribution is 5.80. The predicted molar refractivity (Wildman–Crippen MR) is 88.0 cm³/mol. The van der Waals surface area contributed by atoms with Crippen LogP contribution in [0.5, 0.6) is 0 Å². The lowest BCUT2D eigenvalue weighted by Gasteiger charge is -2.25. The van der Waals surface area contributed by atoms with Gasteiger partial charge in [-0.2, -0.15) is 0 Å². The normalized spacial score (nSPS) is 22.9. The van der Waals surface area contributed by atoms with Crippen LogP contribution in [-0.2, 0) is 4.79 Å². The zero-order valence-corrected chi connectivity index (χ0v) is 14.0. The van der Waals surface area contributed by atoms with Crippen molar-refractivity contribution in [2.24, 2.45) is 11.8 Å². The monoisotopic (exact) mass is 280 g/mol. The number of hydrogen-bond acceptors (Lipinski definition) is 1. The Labute approximate surface area is 126 Å². The van der Waals surface area contributed by atoms with Gasteiger partial charge >= 0.3 is 0 Å². The first-order chi connectivity index (χ1) is 9.74. The summed E-state index contributed by atoms with van der Waals surface area (Å²) in [4.78, 5) is 12.1. The van der Waals surface area contributed by atoms with E-state index >= 15 is 0 Å². The minimum absolute atomic E-state index is 0.417. The van der Waals surface area contributed by atoms with Crippen molar-refractivity contribution in [1.82, 2.24) is 0 Å². The van der Waals surface area contributed by atoms with Gasteiger partial charge in [0.1, 0.15) is 5.78 Å². The van der Waals surface area contributed by atoms with E-state index in [1.807, 2.05) is 0 Å². The van der Waals surface area contributed by atoms with E-state index in [0.29, 0.717) is 11.7 Å². The SMILES string of the molecule is CCCCCCCCCCCC(=O)C1CCC(C)CC1. The molecular weight excluding hydrogens is 244 g/mol. The molecule has 0 aliphatic heterocycles. The second-order valence-electron chi connectivity index (χ2n) is 7.00. The molecule has 1 rings (SSSR count). The van der Waals surface area contributed by atoms with Crippen LogP contribution in [0.4, 0.5) is 0 Å². The maximum atomic E-state index is 12.1. The zero-order chi connectivity index (χ0) is 14.6. The summed E-state index contributed by atoms with van der Waals surface area (Å²) in [5.41, 5.74) is 0. The van der Waals surface area contributed by atoms with Crippen LogP contribution in [0.3, 0.4) is 0 Å². The van der Waals surface area contributed by atoms with Crippen molar-refractivity contribution in [3.63, 3.8) is 0 Å². The summed E-state index contributed by atoms with van der Waals surface area (Å²) in [6.45, 7) is 4.59. The summed E-state index contributed by atoms with van der Waals surface area (Å²) >= 11 is 0. The molecule has 1 saturated carbocycles. The Bertz CT molecular complexity index is 238. The van der Waals surface area contributed by atoms with E-state index in [0.717, 1.165) is 31.6 Å². The van der Waals surface area contributed by atoms with E-state index in [9.17, 15) is 4.79 Å². The first-order valence-electron chi connectivity index (χ1n) is 9.26. The molecule has 0 spiro atoms. The van der Waals surface area contributed by atoms with E-state index < -0.39 is 0 Å². The molecule has 0 saturated heterocycles. The predicted octanol–water partition coefficient (Wildman–Crippen LogP) is 6.30. The van der Waals surface area contributed by atoms with Crippen LogP contribution >= 0.6 is 0 Å². The van der Waals surface area contributed by atoms with Crippen LogP contribution in [-0.4, -0.2) is 5.78 Å². The molecule has 1 aliphatic carbocycles. The molecule has 0 N–H and O–H groups in total. The Morgan fingerprint density at radius 1 is 0.800 bits per heavy atom. The van der Waals surface area contributed by atoms with Crippen molar-refractivity contribution in [3.05, 3.63) is 0 Å². The molecule has 0 radical (unpaired) electrons. The van der Waals surface area contributed by atoms with Crippen LogP contribution < -0.4 is 0 Å². The molecule has 1 fully saturated rings. The highest BCUT2D eigenvalue weighted by Gasteiger charge is 2.23. The summed E-state index contributed by atoms with van der Waals surface area (Å²) in [5.74, 6) is 1.84. The van der Waals surface area contributed by atoms with Gasteiger partial charge in [0, 0.05) is 12.3 Å². The van der Waals surface area contributed by atoms with E-state index in [1.54, 1.807) is 0 Å². The van der Waals surface area contributed by atoms with Crippen molar-refractivity contribution in [1.29, 1.82) is 0 Å². The minimum Gasteiger partial charge on any atom is -0.299 e. The number of rotatable bonds is 11. The molecular formula is C19H36O. The molecule has 0 aromatic rings. The summed E-state index contributed by atoms with van der Waals surface area (Å²) in [7, 11) is 0. The Hall–Kier alpha value is -0.330. The molecule has 1 heteroatoms. The molecule has 0 amide bonds. The van der Waals surface area contributed by atoms with Gasteiger partial charge in [-0.05, 0) is 25.2 Å². The van der Waals surface area contributed by atoms with Crippen LogP contribution in [0.2, 0.25) is 0 Å². The van der Waals surface area contributed by atoms with E-state index in [2.05, 4.69) is 13.8 Å². The number of carbonyl (C=O) groups excluding carboxylic acids is 1. The van der Waals surface area contributed by atoms with Crippen molar-refractivity contribution in [2.75, 3.05) is 0 Å². The van der Waals surface area contributed by atoms with Crippen molar-refractivity contribution >= 4 is 5.78 Å². The average molecular weight is 280 g/mol. The van der Waals surface area contributed by atoms with E-state index in [4.69, 9.17) is 0 Å². The van der Waals surface area contributed by atoms with Crippen LogP contribution in [0.1, 0.15) is 104 Å². The molecule has 0 heterocycles. The lowest BCUT2D eigenvalue weighted by Crippen LogP contribution is -2.20. The van der Waals surface area contributed by atoms with Gasteiger partial charge in [-0.15, -0.1) is 0 Å². The van der Waals surface area contributed by atoms with Gasteiger partial charge in [-0.25, -0.2) is 0 Å². The van der Waals surface area contributed by atoms with Gasteiger partial charge in [0.2, 0.25) is 0 Å². The number of carbonyl (C=O) groups is 1. The molecule has 118 valence electrons. The third-order valence-electron chi connectivity index (χ3n) is 5.00. The molecule has 20 heavy (non-hydrogen) atoms. The van der Waals surface area contributed by atoms with Gasteiger partial charge < -0.3 is 0 Å². The first-order valence-corrected chi connectivity index (χ1v) is 9.26. The molecule has 1 aliphatic rings.